The van der Waals surface area contributed by atoms with Gasteiger partial charge >= 0.3 is 0 Å². The maximum Gasteiger partial charge on any atom is 0.255 e. The van der Waals surface area contributed by atoms with Crippen molar-refractivity contribution in [1.82, 2.24) is 4.90 Å². The molecule has 0 atom stereocenters. The Bertz CT molecular complexity index is 461. The molecule has 0 fully saturated rings. The van der Waals surface area contributed by atoms with Crippen molar-refractivity contribution in [3.05, 3.63) is 23.8 Å². The summed E-state index contributed by atoms with van der Waals surface area (Å²) in [6.45, 7) is 7.36. The number of nitrogen functional groups attached to an aromatic ring is 1. The molecular weight excluding hydrogens is 238 g/mol. The lowest BCUT2D eigenvalue weighted by molar-refractivity contribution is 0.0828. The molecule has 0 heterocycles. The standard InChI is InChI=1S/C15H25N3O/c1-15(2,3)10-18(6)13-9-11(16)7-8-12(13)14(19)17(4)5/h7-9H,10,16H2,1-6H3. The summed E-state index contributed by atoms with van der Waals surface area (Å²) >= 11 is 0. The summed E-state index contributed by atoms with van der Waals surface area (Å²) < 4.78 is 0. The van der Waals surface area contributed by atoms with Gasteiger partial charge in [-0.05, 0) is 23.6 Å². The number of nitrogens with two attached hydrogens (primary N) is 1. The van der Waals surface area contributed by atoms with E-state index < -0.39 is 0 Å². The molecule has 0 aliphatic carbocycles. The van der Waals surface area contributed by atoms with Gasteiger partial charge in [0.05, 0.1) is 11.3 Å². The van der Waals surface area contributed by atoms with Crippen LogP contribution in [0, 0.1) is 5.41 Å². The highest BCUT2D eigenvalue weighted by molar-refractivity contribution is 6.00. The van der Waals surface area contributed by atoms with Crippen LogP contribution in [0.3, 0.4) is 0 Å². The SMILES string of the molecule is CN(C)C(=O)c1ccc(N)cc1N(C)CC(C)(C)C. The molecule has 1 amide bonds. The smallest absolute Gasteiger partial charge is 0.255 e. The summed E-state index contributed by atoms with van der Waals surface area (Å²) in [5.41, 5.74) is 8.25. The first-order chi connectivity index (χ1) is 8.61. The summed E-state index contributed by atoms with van der Waals surface area (Å²) in [7, 11) is 5.50. The molecule has 1 rings (SSSR count). The molecule has 0 spiro atoms. The molecule has 0 bridgehead atoms. The van der Waals surface area contributed by atoms with Crippen LogP contribution in [0.1, 0.15) is 31.1 Å². The number of carbonyl (C=O) groups excluding carboxylic acids is 1. The van der Waals surface area contributed by atoms with Crippen molar-refractivity contribution in [3.8, 4) is 0 Å². The van der Waals surface area contributed by atoms with Gasteiger partial charge in [-0.15, -0.1) is 0 Å². The molecule has 19 heavy (non-hydrogen) atoms. The third-order valence-corrected chi connectivity index (χ3v) is 2.78. The molecule has 0 aliphatic heterocycles. The monoisotopic (exact) mass is 263 g/mol. The lowest BCUT2D eigenvalue weighted by atomic mass is 9.95. The van der Waals surface area contributed by atoms with E-state index in [4.69, 9.17) is 5.73 Å². The van der Waals surface area contributed by atoms with Crippen LogP contribution in [-0.4, -0.2) is 38.5 Å². The number of anilines is 2. The van der Waals surface area contributed by atoms with E-state index in [9.17, 15) is 4.79 Å². The fourth-order valence-corrected chi connectivity index (χ4v) is 2.08. The zero-order chi connectivity index (χ0) is 14.8. The number of hydrogen-bond donors (Lipinski definition) is 1. The van der Waals surface area contributed by atoms with Gasteiger partial charge in [-0.25, -0.2) is 0 Å². The number of benzene rings is 1. The summed E-state index contributed by atoms with van der Waals surface area (Å²) in [4.78, 5) is 15.9. The minimum Gasteiger partial charge on any atom is -0.399 e. The number of carbonyl (C=O) groups is 1. The Hall–Kier alpha value is -1.71. The molecule has 0 radical (unpaired) electrons. The van der Waals surface area contributed by atoms with E-state index in [0.29, 0.717) is 11.3 Å². The van der Waals surface area contributed by atoms with E-state index in [-0.39, 0.29) is 11.3 Å². The Kier molecular flexibility index (Phi) is 4.45. The van der Waals surface area contributed by atoms with Crippen LogP contribution in [0.15, 0.2) is 18.2 Å². The third-order valence-electron chi connectivity index (χ3n) is 2.78. The molecule has 0 aromatic heterocycles. The minimum atomic E-state index is -0.00393. The van der Waals surface area contributed by atoms with Gasteiger partial charge < -0.3 is 15.5 Å². The number of nitrogens with zero attached hydrogens (tertiary/aromatic N) is 2. The van der Waals surface area contributed by atoms with Crippen LogP contribution in [0.5, 0.6) is 0 Å². The Balaban J connectivity index is 3.17. The fourth-order valence-electron chi connectivity index (χ4n) is 2.08. The van der Waals surface area contributed by atoms with E-state index in [0.717, 1.165) is 12.2 Å². The normalized spacial score (nSPS) is 11.3. The number of hydrogen-bond acceptors (Lipinski definition) is 3. The minimum absolute atomic E-state index is 0.00393. The molecule has 1 aromatic carbocycles. The second-order valence-corrected chi connectivity index (χ2v) is 6.39. The zero-order valence-electron chi connectivity index (χ0n) is 12.8. The molecule has 0 saturated carbocycles. The quantitative estimate of drug-likeness (QED) is 0.852. The predicted molar refractivity (Wildman–Crippen MR) is 81.6 cm³/mol. The van der Waals surface area contributed by atoms with Crippen LogP contribution in [-0.2, 0) is 0 Å². The fraction of sp³-hybridized carbons (Fsp3) is 0.533. The Labute approximate surface area is 116 Å². The molecule has 2 N–H and O–H groups in total. The molecule has 0 aliphatic rings. The van der Waals surface area contributed by atoms with E-state index in [1.807, 2.05) is 13.1 Å². The highest BCUT2D eigenvalue weighted by Gasteiger charge is 2.20. The molecule has 106 valence electrons. The molecule has 0 unspecified atom stereocenters. The largest absolute Gasteiger partial charge is 0.399 e. The Morgan fingerprint density at radius 2 is 1.79 bits per heavy atom. The van der Waals surface area contributed by atoms with Gasteiger partial charge in [-0.2, -0.15) is 0 Å². The van der Waals surface area contributed by atoms with Crippen LogP contribution < -0.4 is 10.6 Å². The first-order valence-corrected chi connectivity index (χ1v) is 6.44. The van der Waals surface area contributed by atoms with Gasteiger partial charge in [-0.1, -0.05) is 20.8 Å². The highest BCUT2D eigenvalue weighted by atomic mass is 16.2. The number of amides is 1. The lowest BCUT2D eigenvalue weighted by Gasteiger charge is -2.30. The Morgan fingerprint density at radius 3 is 2.26 bits per heavy atom. The first-order valence-electron chi connectivity index (χ1n) is 6.44. The van der Waals surface area contributed by atoms with Gasteiger partial charge in [0, 0.05) is 33.4 Å². The average Bonchev–Trinajstić information content (AvgIpc) is 2.25. The second-order valence-electron chi connectivity index (χ2n) is 6.39. The summed E-state index contributed by atoms with van der Waals surface area (Å²) in [5.74, 6) is -0.00393. The van der Waals surface area contributed by atoms with Gasteiger partial charge in [-0.3, -0.25) is 4.79 Å². The van der Waals surface area contributed by atoms with Crippen LogP contribution in [0.25, 0.3) is 0 Å². The van der Waals surface area contributed by atoms with Gasteiger partial charge in [0.2, 0.25) is 0 Å². The topological polar surface area (TPSA) is 49.6 Å². The van der Waals surface area contributed by atoms with E-state index in [1.165, 1.54) is 0 Å². The summed E-state index contributed by atoms with van der Waals surface area (Å²) in [6, 6.07) is 5.43. The molecule has 1 aromatic rings. The Morgan fingerprint density at radius 1 is 1.21 bits per heavy atom. The zero-order valence-corrected chi connectivity index (χ0v) is 12.8. The van der Waals surface area contributed by atoms with Crippen molar-refractivity contribution in [1.29, 1.82) is 0 Å². The van der Waals surface area contributed by atoms with Crippen molar-refractivity contribution in [2.75, 3.05) is 38.3 Å². The van der Waals surface area contributed by atoms with E-state index in [2.05, 4.69) is 25.7 Å². The van der Waals surface area contributed by atoms with Crippen LogP contribution in [0.2, 0.25) is 0 Å². The van der Waals surface area contributed by atoms with Crippen LogP contribution in [0.4, 0.5) is 11.4 Å². The lowest BCUT2D eigenvalue weighted by Crippen LogP contribution is -2.32. The average molecular weight is 263 g/mol. The molecule has 4 nitrogen and oxygen atoms in total. The van der Waals surface area contributed by atoms with Gasteiger partial charge in [0.1, 0.15) is 0 Å². The maximum atomic E-state index is 12.2. The van der Waals surface area contributed by atoms with Crippen molar-refractivity contribution in [3.63, 3.8) is 0 Å². The molecule has 4 heteroatoms. The van der Waals surface area contributed by atoms with Crippen molar-refractivity contribution >= 4 is 17.3 Å². The number of rotatable bonds is 3. The molecular formula is C15H25N3O. The van der Waals surface area contributed by atoms with Gasteiger partial charge in [0.15, 0.2) is 0 Å². The van der Waals surface area contributed by atoms with E-state index in [1.54, 1.807) is 31.1 Å². The van der Waals surface area contributed by atoms with E-state index >= 15 is 0 Å². The maximum absolute atomic E-state index is 12.2. The third kappa shape index (κ3) is 4.16. The van der Waals surface area contributed by atoms with Crippen LogP contribution >= 0.6 is 0 Å². The summed E-state index contributed by atoms with van der Waals surface area (Å²) in [6.07, 6.45) is 0. The molecule has 0 saturated heterocycles. The van der Waals surface area contributed by atoms with Crippen molar-refractivity contribution in [2.45, 2.75) is 20.8 Å². The van der Waals surface area contributed by atoms with Crippen molar-refractivity contribution < 1.29 is 4.79 Å². The predicted octanol–water partition coefficient (Wildman–Crippen LogP) is 2.45. The first kappa shape index (κ1) is 15.3. The summed E-state index contributed by atoms with van der Waals surface area (Å²) in [5, 5.41) is 0. The van der Waals surface area contributed by atoms with Gasteiger partial charge in [0.25, 0.3) is 5.91 Å². The highest BCUT2D eigenvalue weighted by Crippen LogP contribution is 2.26. The van der Waals surface area contributed by atoms with Crippen molar-refractivity contribution in [2.24, 2.45) is 5.41 Å². The second kappa shape index (κ2) is 5.51.